The van der Waals surface area contributed by atoms with Gasteiger partial charge in [0.1, 0.15) is 11.6 Å². The monoisotopic (exact) mass is 416 g/mol. The molecule has 0 spiro atoms. The largest absolute Gasteiger partial charge is 0.409 e. The Labute approximate surface area is 172 Å². The Hall–Kier alpha value is -2.95. The van der Waals surface area contributed by atoms with Crippen molar-refractivity contribution in [1.82, 2.24) is 0 Å². The molecule has 0 atom stereocenters. The van der Waals surface area contributed by atoms with Crippen LogP contribution < -0.4 is 0 Å². The molecule has 0 unspecified atom stereocenters. The molecule has 0 bridgehead atoms. The van der Waals surface area contributed by atoms with Gasteiger partial charge in [-0.25, -0.2) is 8.78 Å². The molecule has 5 heteroatoms. The zero-order valence-corrected chi connectivity index (χ0v) is 16.4. The normalized spacial score (nSPS) is 11.9. The fraction of sp³-hybridized carbons (Fsp3) is 0.200. The van der Waals surface area contributed by atoms with Gasteiger partial charge in [-0.2, -0.15) is 13.2 Å². The molecule has 0 aliphatic heterocycles. The highest BCUT2D eigenvalue weighted by Crippen LogP contribution is 2.24. The van der Waals surface area contributed by atoms with Gasteiger partial charge in [0.25, 0.3) is 0 Å². The molecular weight excluding hydrogens is 395 g/mol. The molecule has 0 heterocycles. The van der Waals surface area contributed by atoms with Crippen molar-refractivity contribution < 1.29 is 22.0 Å². The Balaban J connectivity index is 1.67. The molecular formula is C25H21F5. The number of alkyl halides is 3. The molecule has 0 aromatic heterocycles. The molecule has 0 fully saturated rings. The van der Waals surface area contributed by atoms with Gasteiger partial charge in [0.05, 0.1) is 0 Å². The molecule has 0 saturated heterocycles. The second-order valence-electron chi connectivity index (χ2n) is 7.10. The molecule has 156 valence electrons. The summed E-state index contributed by atoms with van der Waals surface area (Å²) in [4.78, 5) is 0. The van der Waals surface area contributed by atoms with Crippen molar-refractivity contribution in [2.45, 2.75) is 32.4 Å². The first-order valence-corrected chi connectivity index (χ1v) is 9.67. The van der Waals surface area contributed by atoms with Gasteiger partial charge < -0.3 is 0 Å². The van der Waals surface area contributed by atoms with Crippen LogP contribution in [0.4, 0.5) is 22.0 Å². The van der Waals surface area contributed by atoms with Crippen molar-refractivity contribution >= 4 is 6.08 Å². The quantitative estimate of drug-likeness (QED) is 0.364. The van der Waals surface area contributed by atoms with E-state index in [1.165, 1.54) is 5.56 Å². The highest BCUT2D eigenvalue weighted by Gasteiger charge is 2.22. The smallest absolute Gasteiger partial charge is 0.206 e. The predicted molar refractivity (Wildman–Crippen MR) is 110 cm³/mol. The summed E-state index contributed by atoms with van der Waals surface area (Å²) in [6, 6.07) is 18.5. The third-order valence-electron chi connectivity index (χ3n) is 4.93. The highest BCUT2D eigenvalue weighted by molar-refractivity contribution is 5.64. The zero-order valence-electron chi connectivity index (χ0n) is 16.4. The topological polar surface area (TPSA) is 0 Å². The van der Waals surface area contributed by atoms with E-state index in [4.69, 9.17) is 0 Å². The summed E-state index contributed by atoms with van der Waals surface area (Å²) in [5.41, 5.74) is 4.19. The highest BCUT2D eigenvalue weighted by atomic mass is 19.4. The van der Waals surface area contributed by atoms with Crippen molar-refractivity contribution in [3.05, 3.63) is 101 Å². The third-order valence-corrected chi connectivity index (χ3v) is 4.93. The maximum Gasteiger partial charge on any atom is 0.409 e. The number of rotatable bonds is 6. The van der Waals surface area contributed by atoms with E-state index in [1.54, 1.807) is 0 Å². The van der Waals surface area contributed by atoms with E-state index in [9.17, 15) is 22.0 Å². The minimum atomic E-state index is -4.62. The van der Waals surface area contributed by atoms with Crippen molar-refractivity contribution in [3.63, 3.8) is 0 Å². The van der Waals surface area contributed by atoms with Crippen LogP contribution >= 0.6 is 0 Å². The lowest BCUT2D eigenvalue weighted by Crippen LogP contribution is -2.02. The number of aryl methyl sites for hydroxylation is 3. The molecule has 0 aliphatic carbocycles. The van der Waals surface area contributed by atoms with Crippen molar-refractivity contribution in [2.75, 3.05) is 0 Å². The van der Waals surface area contributed by atoms with Crippen LogP contribution in [0.5, 0.6) is 0 Å². The van der Waals surface area contributed by atoms with Crippen LogP contribution in [0.15, 0.2) is 66.7 Å². The van der Waals surface area contributed by atoms with Gasteiger partial charge >= 0.3 is 6.18 Å². The average Bonchev–Trinajstić information content (AvgIpc) is 2.71. The van der Waals surface area contributed by atoms with Gasteiger partial charge in [-0.3, -0.25) is 0 Å². The molecule has 3 aromatic carbocycles. The first kappa shape index (κ1) is 21.8. The molecule has 0 amide bonds. The molecule has 0 aliphatic rings. The second-order valence-corrected chi connectivity index (χ2v) is 7.10. The Kier molecular flexibility index (Phi) is 6.70. The van der Waals surface area contributed by atoms with Crippen LogP contribution in [0.3, 0.4) is 0 Å². The summed E-state index contributed by atoms with van der Waals surface area (Å²) in [6.07, 6.45) is -2.46. The Morgan fingerprint density at radius 3 is 1.63 bits per heavy atom. The minimum absolute atomic E-state index is 0.175. The lowest BCUT2D eigenvalue weighted by atomic mass is 9.99. The first-order chi connectivity index (χ1) is 14.2. The molecule has 0 radical (unpaired) electrons. The Morgan fingerprint density at radius 2 is 1.17 bits per heavy atom. The maximum absolute atomic E-state index is 14.0. The van der Waals surface area contributed by atoms with E-state index < -0.39 is 23.4 Å². The first-order valence-electron chi connectivity index (χ1n) is 9.67. The lowest BCUT2D eigenvalue weighted by molar-refractivity contribution is -0.0790. The number of hydrogen-bond acceptors (Lipinski definition) is 0. The van der Waals surface area contributed by atoms with Crippen LogP contribution in [0.2, 0.25) is 0 Å². The number of halogens is 5. The molecule has 0 N–H and O–H groups in total. The number of benzene rings is 3. The molecule has 0 saturated carbocycles. The lowest BCUT2D eigenvalue weighted by Gasteiger charge is -2.08. The van der Waals surface area contributed by atoms with E-state index in [0.29, 0.717) is 24.5 Å². The van der Waals surface area contributed by atoms with Gasteiger partial charge in [-0.1, -0.05) is 55.5 Å². The van der Waals surface area contributed by atoms with Gasteiger partial charge in [-0.15, -0.1) is 0 Å². The van der Waals surface area contributed by atoms with Crippen LogP contribution in [0.1, 0.15) is 29.2 Å². The summed E-state index contributed by atoms with van der Waals surface area (Å²) in [5.74, 6) is -2.01. The predicted octanol–water partition coefficient (Wildman–Crippen LogP) is 7.55. The van der Waals surface area contributed by atoms with E-state index in [0.717, 1.165) is 35.2 Å². The van der Waals surface area contributed by atoms with E-state index in [1.807, 2.05) is 24.3 Å². The zero-order chi connectivity index (χ0) is 21.7. The number of allylic oxidation sites excluding steroid dienone is 1. The second kappa shape index (κ2) is 9.24. The molecule has 3 aromatic rings. The fourth-order valence-electron chi connectivity index (χ4n) is 3.20. The van der Waals surface area contributed by atoms with E-state index >= 15 is 0 Å². The van der Waals surface area contributed by atoms with Crippen molar-refractivity contribution in [2.24, 2.45) is 0 Å². The summed E-state index contributed by atoms with van der Waals surface area (Å²) in [7, 11) is 0. The van der Waals surface area contributed by atoms with Crippen molar-refractivity contribution in [3.8, 4) is 11.1 Å². The summed E-state index contributed by atoms with van der Waals surface area (Å²) in [5, 5.41) is 0. The SMILES string of the molecule is CCc1ccc(-c2ccc(CCc3cc(F)c(/C=C/C(F)(F)F)c(F)c3)cc2)cc1. The summed E-state index contributed by atoms with van der Waals surface area (Å²) < 4.78 is 64.8. The van der Waals surface area contributed by atoms with E-state index in [2.05, 4.69) is 31.2 Å². The van der Waals surface area contributed by atoms with Crippen LogP contribution in [-0.2, 0) is 19.3 Å². The van der Waals surface area contributed by atoms with Gasteiger partial charge in [-0.05, 0) is 65.3 Å². The Bertz CT molecular complexity index is 990. The van der Waals surface area contributed by atoms with Crippen LogP contribution in [0.25, 0.3) is 17.2 Å². The fourth-order valence-corrected chi connectivity index (χ4v) is 3.20. The number of hydrogen-bond donors (Lipinski definition) is 0. The van der Waals surface area contributed by atoms with Gasteiger partial charge in [0.2, 0.25) is 0 Å². The maximum atomic E-state index is 14.0. The molecule has 30 heavy (non-hydrogen) atoms. The van der Waals surface area contributed by atoms with Gasteiger partial charge in [0.15, 0.2) is 0 Å². The average molecular weight is 416 g/mol. The van der Waals surface area contributed by atoms with Crippen molar-refractivity contribution in [1.29, 1.82) is 0 Å². The summed E-state index contributed by atoms with van der Waals surface area (Å²) in [6.45, 7) is 2.11. The Morgan fingerprint density at radius 1 is 0.700 bits per heavy atom. The summed E-state index contributed by atoms with van der Waals surface area (Å²) >= 11 is 0. The minimum Gasteiger partial charge on any atom is -0.206 e. The van der Waals surface area contributed by atoms with Crippen LogP contribution in [0, 0.1) is 11.6 Å². The standard InChI is InChI=1S/C25H21F5/c1-2-17-5-9-20(10-6-17)21-11-7-18(8-12-21)3-4-19-15-23(26)22(24(27)16-19)13-14-25(28,29)30/h5-16H,2-4H2,1H3/b14-13+. The molecule has 3 rings (SSSR count). The van der Waals surface area contributed by atoms with Crippen LogP contribution in [-0.4, -0.2) is 6.18 Å². The van der Waals surface area contributed by atoms with Gasteiger partial charge in [0, 0.05) is 11.6 Å². The van der Waals surface area contributed by atoms with E-state index in [-0.39, 0.29) is 6.08 Å². The third kappa shape index (κ3) is 5.78. The molecule has 0 nitrogen and oxygen atoms in total.